The second-order valence-corrected chi connectivity index (χ2v) is 19.2. The monoisotopic (exact) mass is 608 g/mol. The summed E-state index contributed by atoms with van der Waals surface area (Å²) in [4.78, 5) is 0. The van der Waals surface area contributed by atoms with Crippen molar-refractivity contribution in [2.24, 2.45) is 11.8 Å². The van der Waals surface area contributed by atoms with Crippen LogP contribution < -0.4 is 0 Å². The maximum atomic E-state index is 2.73. The van der Waals surface area contributed by atoms with E-state index in [0.717, 1.165) is 0 Å². The summed E-state index contributed by atoms with van der Waals surface area (Å²) in [6, 6.07) is 22.2. The number of rotatable bonds is 10. The molecule has 4 unspecified atom stereocenters. The van der Waals surface area contributed by atoms with Gasteiger partial charge in [-0.25, -0.2) is 0 Å². The highest BCUT2D eigenvalue weighted by Gasteiger charge is 2.50. The van der Waals surface area contributed by atoms with Crippen molar-refractivity contribution in [1.29, 1.82) is 0 Å². The molecule has 0 fully saturated rings. The van der Waals surface area contributed by atoms with Crippen LogP contribution in [0.15, 0.2) is 143 Å². The third kappa shape index (κ3) is 5.97. The molecule has 0 saturated heterocycles. The van der Waals surface area contributed by atoms with Gasteiger partial charge in [-0.1, -0.05) is 184 Å². The van der Waals surface area contributed by atoms with Gasteiger partial charge in [0, 0.05) is 0 Å². The molecule has 0 spiro atoms. The quantitative estimate of drug-likeness (QED) is 0.235. The number of hydrogen-bond acceptors (Lipinski definition) is 0. The van der Waals surface area contributed by atoms with Crippen LogP contribution in [0.25, 0.3) is 11.1 Å². The van der Waals surface area contributed by atoms with Crippen LogP contribution in [0.2, 0.25) is 24.2 Å². The Balaban J connectivity index is 1.50. The van der Waals surface area contributed by atoms with Crippen LogP contribution >= 0.6 is 0 Å². The number of hydrogen-bond donors (Lipinski definition) is 0. The van der Waals surface area contributed by atoms with Gasteiger partial charge in [0.2, 0.25) is 0 Å². The lowest BCUT2D eigenvalue weighted by molar-refractivity contribution is 0.598. The van der Waals surface area contributed by atoms with E-state index in [0.29, 0.717) is 22.9 Å². The summed E-state index contributed by atoms with van der Waals surface area (Å²) in [5, 5.41) is 0. The summed E-state index contributed by atoms with van der Waals surface area (Å²) in [7, 11) is -2.02. The minimum Gasteiger partial charge on any atom is -0.0773 e. The van der Waals surface area contributed by atoms with Gasteiger partial charge in [0.25, 0.3) is 0 Å². The molecule has 4 aliphatic rings. The van der Waals surface area contributed by atoms with Crippen LogP contribution in [0.4, 0.5) is 0 Å². The van der Waals surface area contributed by atoms with Gasteiger partial charge in [0.05, 0.1) is 8.07 Å². The molecule has 6 rings (SSSR count). The molecular weight excluding hydrogens is 557 g/mol. The van der Waals surface area contributed by atoms with Crippen molar-refractivity contribution < 1.29 is 0 Å². The van der Waals surface area contributed by atoms with E-state index in [-0.39, 0.29) is 0 Å². The summed E-state index contributed by atoms with van der Waals surface area (Å²) >= 11 is 0. The minimum atomic E-state index is -2.02. The predicted octanol–water partition coefficient (Wildman–Crippen LogP) is 12.9. The molecule has 2 aromatic rings. The molecule has 45 heavy (non-hydrogen) atoms. The zero-order valence-corrected chi connectivity index (χ0v) is 29.4. The molecule has 1 heteroatoms. The first-order valence-corrected chi connectivity index (χ1v) is 20.7. The SMILES string of the molecule is CCCCC1C=CC=C(c2ccccc2)C2=C1C([Si](C)(C)C1C(C)=CC3=C1C(CCCC)C=CC=C3c1ccccc1)C(C)=C2. The van der Waals surface area contributed by atoms with Gasteiger partial charge in [0.15, 0.2) is 0 Å². The molecule has 232 valence electrons. The molecule has 0 saturated carbocycles. The van der Waals surface area contributed by atoms with Crippen molar-refractivity contribution in [2.45, 2.75) is 90.4 Å². The average molecular weight is 609 g/mol. The van der Waals surface area contributed by atoms with Crippen LogP contribution in [0.3, 0.4) is 0 Å². The number of allylic oxidation sites excluding steroid dienone is 16. The van der Waals surface area contributed by atoms with Crippen LogP contribution in [0.1, 0.15) is 77.3 Å². The van der Waals surface area contributed by atoms with E-state index in [9.17, 15) is 0 Å². The standard InChI is InChI=1S/C44H52Si/c1-7-9-19-35-25-17-27-37(33-21-13-11-14-22-33)39-29-31(3)43(41(35)39)45(5,6)44-32(4)30-40-38(34-23-15-12-16-24-34)28-18-26-36(42(40)44)20-10-8-2/h11-18,21-30,35-36,43-44H,7-10,19-20H2,1-6H3. The van der Waals surface area contributed by atoms with Gasteiger partial charge in [-0.3, -0.25) is 0 Å². The highest BCUT2D eigenvalue weighted by molar-refractivity contribution is 6.83. The van der Waals surface area contributed by atoms with Crippen molar-refractivity contribution in [3.05, 3.63) is 154 Å². The second kappa shape index (κ2) is 13.5. The van der Waals surface area contributed by atoms with E-state index in [1.165, 1.54) is 71.9 Å². The topological polar surface area (TPSA) is 0 Å². The fourth-order valence-electron chi connectivity index (χ4n) is 9.08. The molecule has 0 amide bonds. The lowest BCUT2D eigenvalue weighted by atomic mass is 9.87. The van der Waals surface area contributed by atoms with Crippen molar-refractivity contribution >= 4 is 19.2 Å². The van der Waals surface area contributed by atoms with Gasteiger partial charge >= 0.3 is 0 Å². The molecule has 0 bridgehead atoms. The molecular formula is C44H52Si. The lowest BCUT2D eigenvalue weighted by Crippen LogP contribution is -2.42. The normalized spacial score (nSPS) is 24.5. The lowest BCUT2D eigenvalue weighted by Gasteiger charge is -2.43. The molecule has 2 aromatic carbocycles. The van der Waals surface area contributed by atoms with E-state index in [2.05, 4.69) is 150 Å². The Morgan fingerprint density at radius 1 is 0.578 bits per heavy atom. The van der Waals surface area contributed by atoms with Gasteiger partial charge in [-0.2, -0.15) is 0 Å². The fraction of sp³-hybridized carbons (Fsp3) is 0.364. The Kier molecular flexibility index (Phi) is 9.48. The van der Waals surface area contributed by atoms with Crippen molar-refractivity contribution in [3.63, 3.8) is 0 Å². The third-order valence-electron chi connectivity index (χ3n) is 10.9. The molecule has 4 aliphatic carbocycles. The minimum absolute atomic E-state index is 0.492. The largest absolute Gasteiger partial charge is 0.0773 e. The zero-order valence-electron chi connectivity index (χ0n) is 28.4. The Hall–Kier alpha value is -3.42. The average Bonchev–Trinajstić information content (AvgIpc) is 3.45. The molecule has 0 nitrogen and oxygen atoms in total. The maximum Gasteiger partial charge on any atom is 0.0714 e. The third-order valence-corrected chi connectivity index (χ3v) is 15.4. The Labute approximate surface area is 274 Å². The van der Waals surface area contributed by atoms with Crippen LogP contribution in [0, 0.1) is 11.8 Å². The summed E-state index contributed by atoms with van der Waals surface area (Å²) in [5.41, 5.74) is 16.2. The first-order chi connectivity index (χ1) is 21.9. The van der Waals surface area contributed by atoms with Gasteiger partial charge in [-0.15, -0.1) is 0 Å². The highest BCUT2D eigenvalue weighted by Crippen LogP contribution is 2.60. The van der Waals surface area contributed by atoms with E-state index in [4.69, 9.17) is 0 Å². The van der Waals surface area contributed by atoms with Gasteiger partial charge < -0.3 is 0 Å². The van der Waals surface area contributed by atoms with Crippen molar-refractivity contribution in [3.8, 4) is 0 Å². The smallest absolute Gasteiger partial charge is 0.0714 e. The Morgan fingerprint density at radius 3 is 1.36 bits per heavy atom. The van der Waals surface area contributed by atoms with E-state index >= 15 is 0 Å². The summed E-state index contributed by atoms with van der Waals surface area (Å²) in [5.74, 6) is 0.985. The van der Waals surface area contributed by atoms with Crippen LogP contribution in [-0.2, 0) is 0 Å². The fourth-order valence-corrected chi connectivity index (χ4v) is 14.3. The van der Waals surface area contributed by atoms with E-state index in [1.807, 2.05) is 0 Å². The molecule has 0 N–H and O–H groups in total. The predicted molar refractivity (Wildman–Crippen MR) is 200 cm³/mol. The molecule has 0 aromatic heterocycles. The molecule has 4 atom stereocenters. The van der Waals surface area contributed by atoms with Crippen LogP contribution in [0.5, 0.6) is 0 Å². The number of benzene rings is 2. The second-order valence-electron chi connectivity index (χ2n) is 14.4. The summed E-state index contributed by atoms with van der Waals surface area (Å²) in [6.07, 6.45) is 27.3. The molecule has 0 radical (unpaired) electrons. The van der Waals surface area contributed by atoms with Gasteiger partial charge in [-0.05, 0) is 83.0 Å². The Bertz CT molecular complexity index is 1520. The number of unbranched alkanes of at least 4 members (excludes halogenated alkanes) is 2. The zero-order chi connectivity index (χ0) is 31.6. The van der Waals surface area contributed by atoms with Gasteiger partial charge in [0.1, 0.15) is 0 Å². The van der Waals surface area contributed by atoms with Crippen molar-refractivity contribution in [2.75, 3.05) is 0 Å². The van der Waals surface area contributed by atoms with Crippen LogP contribution in [-0.4, -0.2) is 8.07 Å². The first-order valence-electron chi connectivity index (χ1n) is 17.6. The van der Waals surface area contributed by atoms with E-state index in [1.54, 1.807) is 22.3 Å². The van der Waals surface area contributed by atoms with E-state index < -0.39 is 8.07 Å². The van der Waals surface area contributed by atoms with Crippen molar-refractivity contribution in [1.82, 2.24) is 0 Å². The molecule has 0 heterocycles. The Morgan fingerprint density at radius 2 is 0.978 bits per heavy atom. The highest BCUT2D eigenvalue weighted by atomic mass is 28.3. The first kappa shape index (κ1) is 31.6. The summed E-state index contributed by atoms with van der Waals surface area (Å²) < 4.78 is 0. The summed E-state index contributed by atoms with van der Waals surface area (Å²) in [6.45, 7) is 15.1. The maximum absolute atomic E-state index is 2.73. The molecule has 0 aliphatic heterocycles.